The van der Waals surface area contributed by atoms with E-state index in [9.17, 15) is 15.0 Å². The third-order valence-corrected chi connectivity index (χ3v) is 5.14. The number of hydrogen-bond donors (Lipinski definition) is 2. The zero-order valence-electron chi connectivity index (χ0n) is 19.3. The molecule has 30 heavy (non-hydrogen) atoms. The molecule has 0 saturated carbocycles. The maximum absolute atomic E-state index is 11.3. The summed E-state index contributed by atoms with van der Waals surface area (Å²) in [5.41, 5.74) is 6.38. The first-order valence-electron chi connectivity index (χ1n) is 10.8. The van der Waals surface area contributed by atoms with Gasteiger partial charge in [-0.25, -0.2) is 4.79 Å². The van der Waals surface area contributed by atoms with E-state index < -0.39 is 5.97 Å². The lowest BCUT2D eigenvalue weighted by molar-refractivity contribution is 0.0696. The van der Waals surface area contributed by atoms with E-state index in [1.54, 1.807) is 0 Å². The summed E-state index contributed by atoms with van der Waals surface area (Å²) in [6.45, 7) is 10.8. The molecule has 0 heterocycles. The second-order valence-electron chi connectivity index (χ2n) is 8.40. The van der Waals surface area contributed by atoms with Gasteiger partial charge >= 0.3 is 5.97 Å². The van der Waals surface area contributed by atoms with Gasteiger partial charge in [0.25, 0.3) is 0 Å². The Morgan fingerprint density at radius 1 is 0.800 bits per heavy atom. The van der Waals surface area contributed by atoms with Crippen LogP contribution in [0.2, 0.25) is 0 Å². The van der Waals surface area contributed by atoms with Crippen molar-refractivity contribution in [3.63, 3.8) is 0 Å². The Balaban J connectivity index is 2.45. The van der Waals surface area contributed by atoms with Gasteiger partial charge in [-0.15, -0.1) is 0 Å². The van der Waals surface area contributed by atoms with Gasteiger partial charge < -0.3 is 10.2 Å². The zero-order chi connectivity index (χ0) is 22.5. The minimum Gasteiger partial charge on any atom is -0.508 e. The molecule has 3 nitrogen and oxygen atoms in total. The van der Waals surface area contributed by atoms with E-state index in [0.717, 1.165) is 38.5 Å². The molecule has 1 aromatic rings. The number of carboxylic acid groups (broad SMARTS) is 1. The molecule has 2 N–H and O–H groups in total. The summed E-state index contributed by atoms with van der Waals surface area (Å²) in [6.07, 6.45) is 15.9. The fourth-order valence-electron chi connectivity index (χ4n) is 3.23. The lowest BCUT2D eigenvalue weighted by Crippen LogP contribution is -2.01. The van der Waals surface area contributed by atoms with Crippen LogP contribution in [0.15, 0.2) is 64.8 Å². The second kappa shape index (κ2) is 13.6. The van der Waals surface area contributed by atoms with E-state index in [0.29, 0.717) is 12.0 Å². The Morgan fingerprint density at radius 3 is 1.80 bits per heavy atom. The van der Waals surface area contributed by atoms with Crippen molar-refractivity contribution in [1.82, 2.24) is 0 Å². The van der Waals surface area contributed by atoms with Crippen LogP contribution in [-0.2, 0) is 6.42 Å². The van der Waals surface area contributed by atoms with Crippen molar-refractivity contribution in [3.8, 4) is 5.75 Å². The number of carboxylic acids is 1. The Kier molecular flexibility index (Phi) is 11.6. The minimum atomic E-state index is -0.962. The molecule has 0 aromatic heterocycles. The highest BCUT2D eigenvalue weighted by Gasteiger charge is 2.09. The molecule has 0 atom stereocenters. The normalized spacial score (nSPS) is 12.8. The van der Waals surface area contributed by atoms with E-state index in [1.165, 1.54) is 40.5 Å². The van der Waals surface area contributed by atoms with E-state index in [2.05, 4.69) is 58.9 Å². The number of allylic oxidation sites excluding steroid dienone is 8. The van der Waals surface area contributed by atoms with Gasteiger partial charge in [-0.1, -0.05) is 46.6 Å². The maximum atomic E-state index is 11.3. The molecule has 0 spiro atoms. The predicted octanol–water partition coefficient (Wildman–Crippen LogP) is 7.78. The van der Waals surface area contributed by atoms with Crippen LogP contribution >= 0.6 is 0 Å². The van der Waals surface area contributed by atoms with Crippen molar-refractivity contribution >= 4 is 5.97 Å². The van der Waals surface area contributed by atoms with Crippen LogP contribution in [0, 0.1) is 0 Å². The topological polar surface area (TPSA) is 57.5 Å². The Bertz CT molecular complexity index is 819. The van der Waals surface area contributed by atoms with Gasteiger partial charge in [-0.3, -0.25) is 0 Å². The quantitative estimate of drug-likeness (QED) is 0.273. The van der Waals surface area contributed by atoms with Gasteiger partial charge in [0.15, 0.2) is 0 Å². The largest absolute Gasteiger partial charge is 0.508 e. The number of phenols is 1. The first-order chi connectivity index (χ1) is 14.2. The molecule has 0 amide bonds. The molecule has 0 radical (unpaired) electrons. The highest BCUT2D eigenvalue weighted by atomic mass is 16.4. The third-order valence-electron chi connectivity index (χ3n) is 5.14. The molecule has 3 heteroatoms. The van der Waals surface area contributed by atoms with Gasteiger partial charge in [0.2, 0.25) is 0 Å². The average molecular weight is 412 g/mol. The van der Waals surface area contributed by atoms with Crippen molar-refractivity contribution in [3.05, 3.63) is 75.9 Å². The van der Waals surface area contributed by atoms with Crippen LogP contribution in [0.4, 0.5) is 0 Å². The second-order valence-corrected chi connectivity index (χ2v) is 8.40. The van der Waals surface area contributed by atoms with Crippen molar-refractivity contribution in [2.45, 2.75) is 79.6 Å². The summed E-state index contributed by atoms with van der Waals surface area (Å²) in [5.74, 6) is -0.864. The van der Waals surface area contributed by atoms with Gasteiger partial charge in [-0.05, 0) is 103 Å². The molecular weight excluding hydrogens is 373 g/mol. The van der Waals surface area contributed by atoms with Crippen LogP contribution < -0.4 is 0 Å². The van der Waals surface area contributed by atoms with E-state index in [-0.39, 0.29) is 11.3 Å². The van der Waals surface area contributed by atoms with Gasteiger partial charge in [0.1, 0.15) is 5.75 Å². The Morgan fingerprint density at radius 2 is 1.30 bits per heavy atom. The smallest absolute Gasteiger partial charge is 0.335 e. The molecule has 0 fully saturated rings. The molecule has 0 saturated heterocycles. The van der Waals surface area contributed by atoms with Crippen molar-refractivity contribution in [2.75, 3.05) is 0 Å². The van der Waals surface area contributed by atoms with E-state index >= 15 is 0 Å². The van der Waals surface area contributed by atoms with Crippen LogP contribution in [0.25, 0.3) is 0 Å². The number of aromatic hydroxyl groups is 1. The fourth-order valence-corrected chi connectivity index (χ4v) is 3.23. The molecule has 1 rings (SSSR count). The van der Waals surface area contributed by atoms with Crippen molar-refractivity contribution < 1.29 is 15.0 Å². The van der Waals surface area contributed by atoms with Gasteiger partial charge in [0.05, 0.1) is 5.56 Å². The Hall–Kier alpha value is -2.55. The van der Waals surface area contributed by atoms with E-state index in [1.807, 2.05) is 0 Å². The minimum absolute atomic E-state index is 0.0980. The molecule has 0 aliphatic heterocycles. The zero-order valence-corrected chi connectivity index (χ0v) is 19.3. The summed E-state index contributed by atoms with van der Waals surface area (Å²) in [5, 5.41) is 18.9. The van der Waals surface area contributed by atoms with Crippen LogP contribution in [0.5, 0.6) is 5.75 Å². The molecule has 164 valence electrons. The number of hydrogen-bond acceptors (Lipinski definition) is 2. The summed E-state index contributed by atoms with van der Waals surface area (Å²) >= 11 is 0. The monoisotopic (exact) mass is 411 g/mol. The summed E-state index contributed by atoms with van der Waals surface area (Å²) in [6, 6.07) is 4.41. The summed E-state index contributed by atoms with van der Waals surface area (Å²) in [4.78, 5) is 11.3. The fraction of sp³-hybridized carbons (Fsp3) is 0.444. The van der Waals surface area contributed by atoms with E-state index in [4.69, 9.17) is 0 Å². The predicted molar refractivity (Wildman–Crippen MR) is 127 cm³/mol. The molecule has 0 aliphatic carbocycles. The Labute approximate surface area is 182 Å². The van der Waals surface area contributed by atoms with Crippen LogP contribution in [0.3, 0.4) is 0 Å². The lowest BCUT2D eigenvalue weighted by Gasteiger charge is -2.06. The first-order valence-corrected chi connectivity index (χ1v) is 10.8. The maximum Gasteiger partial charge on any atom is 0.335 e. The molecule has 0 bridgehead atoms. The number of aromatic carboxylic acids is 1. The highest BCUT2D eigenvalue weighted by Crippen LogP contribution is 2.19. The number of benzene rings is 1. The molecule has 1 aromatic carbocycles. The summed E-state index contributed by atoms with van der Waals surface area (Å²) < 4.78 is 0. The molecule has 0 aliphatic rings. The van der Waals surface area contributed by atoms with Crippen LogP contribution in [-0.4, -0.2) is 16.2 Å². The number of rotatable bonds is 12. The SMILES string of the molecule is CC(C)=CCC/C(C)=C/CC/C(C)=C/CC/C(C)=C/[13CH2]c1cc(O)ccc1C(=O)O. The summed E-state index contributed by atoms with van der Waals surface area (Å²) in [7, 11) is 0. The van der Waals surface area contributed by atoms with Crippen molar-refractivity contribution in [2.24, 2.45) is 0 Å². The molecule has 0 unspecified atom stereocenters. The van der Waals surface area contributed by atoms with Crippen LogP contribution in [0.1, 0.15) is 89.1 Å². The van der Waals surface area contributed by atoms with Gasteiger partial charge in [-0.2, -0.15) is 0 Å². The lowest BCUT2D eigenvalue weighted by atomic mass is 10.0. The third kappa shape index (κ3) is 10.8. The average Bonchev–Trinajstić information content (AvgIpc) is 2.65. The highest BCUT2D eigenvalue weighted by molar-refractivity contribution is 5.89. The van der Waals surface area contributed by atoms with Gasteiger partial charge in [0, 0.05) is 0 Å². The first kappa shape index (κ1) is 25.5. The number of phenolic OH excluding ortho intramolecular Hbond substituents is 1. The van der Waals surface area contributed by atoms with Crippen molar-refractivity contribution in [1.29, 1.82) is 0 Å². The number of carbonyl (C=O) groups is 1. The molecular formula is C27H38O3. The standard InChI is InChI=1S/C27H38O3/c1-20(2)9-6-10-21(3)11-7-12-22(4)13-8-14-23(5)15-16-24-19-25(28)17-18-26(24)27(29)30/h9,11,13,15,17-19,28H,6-8,10,12,14,16H2,1-5H3,(H,29,30)/b21-11+,22-13+,23-15+/i16+1.